The standard InChI is InChI=1S/C13H14F3NO5/c1-8(12(19)20)17-11(18)6-21-9-4-2-3-5-10(9)22-7-13(14,15)16/h2-5,8H,6-7H2,1H3,(H,17,18)(H,19,20). The summed E-state index contributed by atoms with van der Waals surface area (Å²) in [5.41, 5.74) is 0. The van der Waals surface area contributed by atoms with Gasteiger partial charge in [0, 0.05) is 0 Å². The molecule has 0 saturated heterocycles. The predicted molar refractivity (Wildman–Crippen MR) is 68.7 cm³/mol. The molecule has 6 nitrogen and oxygen atoms in total. The molecule has 122 valence electrons. The van der Waals surface area contributed by atoms with Crippen LogP contribution in [0.3, 0.4) is 0 Å². The molecule has 0 aliphatic carbocycles. The molecule has 0 fully saturated rings. The van der Waals surface area contributed by atoms with Gasteiger partial charge in [0.2, 0.25) is 0 Å². The number of hydrogen-bond acceptors (Lipinski definition) is 4. The highest BCUT2D eigenvalue weighted by Gasteiger charge is 2.29. The van der Waals surface area contributed by atoms with Crippen LogP contribution in [0.2, 0.25) is 0 Å². The van der Waals surface area contributed by atoms with Crippen LogP contribution < -0.4 is 14.8 Å². The monoisotopic (exact) mass is 321 g/mol. The largest absolute Gasteiger partial charge is 0.480 e. The van der Waals surface area contributed by atoms with Gasteiger partial charge < -0.3 is 19.9 Å². The Balaban J connectivity index is 2.59. The molecule has 2 N–H and O–H groups in total. The van der Waals surface area contributed by atoms with Gasteiger partial charge in [0.05, 0.1) is 0 Å². The summed E-state index contributed by atoms with van der Waals surface area (Å²) in [7, 11) is 0. The van der Waals surface area contributed by atoms with E-state index in [0.717, 1.165) is 0 Å². The highest BCUT2D eigenvalue weighted by molar-refractivity contribution is 5.84. The molecule has 0 aliphatic rings. The van der Waals surface area contributed by atoms with Gasteiger partial charge in [0.25, 0.3) is 5.91 Å². The number of ether oxygens (including phenoxy) is 2. The van der Waals surface area contributed by atoms with E-state index >= 15 is 0 Å². The fourth-order valence-electron chi connectivity index (χ4n) is 1.34. The van der Waals surface area contributed by atoms with Crippen LogP contribution in [-0.2, 0) is 9.59 Å². The second kappa shape index (κ2) is 7.53. The summed E-state index contributed by atoms with van der Waals surface area (Å²) >= 11 is 0. The Morgan fingerprint density at radius 2 is 1.77 bits per heavy atom. The molecule has 1 aromatic rings. The third-order valence-electron chi connectivity index (χ3n) is 2.35. The Bertz CT molecular complexity index is 533. The third kappa shape index (κ3) is 6.33. The van der Waals surface area contributed by atoms with Crippen molar-refractivity contribution in [3.63, 3.8) is 0 Å². The van der Waals surface area contributed by atoms with Crippen LogP contribution in [0.25, 0.3) is 0 Å². The van der Waals surface area contributed by atoms with Crippen LogP contribution in [0.1, 0.15) is 6.92 Å². The van der Waals surface area contributed by atoms with Crippen molar-refractivity contribution in [1.29, 1.82) is 0 Å². The summed E-state index contributed by atoms with van der Waals surface area (Å²) in [6.07, 6.45) is -4.50. The molecular formula is C13H14F3NO5. The van der Waals surface area contributed by atoms with Crippen LogP contribution in [-0.4, -0.2) is 42.4 Å². The maximum Gasteiger partial charge on any atom is 0.422 e. The number of alkyl halides is 3. The third-order valence-corrected chi connectivity index (χ3v) is 2.35. The van der Waals surface area contributed by atoms with E-state index in [-0.39, 0.29) is 11.5 Å². The maximum atomic E-state index is 12.1. The van der Waals surface area contributed by atoms with Crippen molar-refractivity contribution in [2.24, 2.45) is 0 Å². The summed E-state index contributed by atoms with van der Waals surface area (Å²) in [5, 5.41) is 10.8. The lowest BCUT2D eigenvalue weighted by Crippen LogP contribution is -2.40. The first-order valence-corrected chi connectivity index (χ1v) is 6.12. The molecule has 0 bridgehead atoms. The number of amides is 1. The molecule has 1 unspecified atom stereocenters. The van der Waals surface area contributed by atoms with Gasteiger partial charge in [-0.25, -0.2) is 0 Å². The van der Waals surface area contributed by atoms with Gasteiger partial charge >= 0.3 is 12.1 Å². The smallest absolute Gasteiger partial charge is 0.422 e. The summed E-state index contributed by atoms with van der Waals surface area (Å²) < 4.78 is 46.0. The number of para-hydroxylation sites is 2. The van der Waals surface area contributed by atoms with Crippen LogP contribution >= 0.6 is 0 Å². The van der Waals surface area contributed by atoms with Crippen LogP contribution in [0, 0.1) is 0 Å². The van der Waals surface area contributed by atoms with Crippen LogP contribution in [0.5, 0.6) is 11.5 Å². The average Bonchev–Trinajstić information content (AvgIpc) is 2.42. The zero-order chi connectivity index (χ0) is 16.8. The fourth-order valence-corrected chi connectivity index (χ4v) is 1.34. The van der Waals surface area contributed by atoms with Crippen molar-refractivity contribution < 1.29 is 37.3 Å². The van der Waals surface area contributed by atoms with E-state index in [1.54, 1.807) is 0 Å². The molecule has 0 radical (unpaired) electrons. The van der Waals surface area contributed by atoms with Crippen LogP contribution in [0.4, 0.5) is 13.2 Å². The number of aliphatic carboxylic acids is 1. The van der Waals surface area contributed by atoms with Crippen molar-refractivity contribution in [3.8, 4) is 11.5 Å². The van der Waals surface area contributed by atoms with E-state index < -0.39 is 37.3 Å². The number of carbonyl (C=O) groups is 2. The van der Waals surface area contributed by atoms with Gasteiger partial charge in [-0.1, -0.05) is 12.1 Å². The highest BCUT2D eigenvalue weighted by atomic mass is 19.4. The summed E-state index contributed by atoms with van der Waals surface area (Å²) in [4.78, 5) is 22.0. The zero-order valence-corrected chi connectivity index (χ0v) is 11.5. The van der Waals surface area contributed by atoms with E-state index in [1.165, 1.54) is 31.2 Å². The molecule has 0 heterocycles. The Kier molecular flexibility index (Phi) is 6.02. The van der Waals surface area contributed by atoms with Crippen molar-refractivity contribution in [2.75, 3.05) is 13.2 Å². The van der Waals surface area contributed by atoms with E-state index in [4.69, 9.17) is 9.84 Å². The van der Waals surface area contributed by atoms with E-state index in [2.05, 4.69) is 10.1 Å². The topological polar surface area (TPSA) is 84.9 Å². The first-order chi connectivity index (χ1) is 10.2. The van der Waals surface area contributed by atoms with Crippen molar-refractivity contribution in [2.45, 2.75) is 19.1 Å². The zero-order valence-electron chi connectivity index (χ0n) is 11.5. The lowest BCUT2D eigenvalue weighted by atomic mass is 10.3. The Labute approximate surface area is 123 Å². The second-order valence-electron chi connectivity index (χ2n) is 4.27. The highest BCUT2D eigenvalue weighted by Crippen LogP contribution is 2.28. The van der Waals surface area contributed by atoms with E-state index in [1.807, 2.05) is 0 Å². The molecular weight excluding hydrogens is 307 g/mol. The normalized spacial score (nSPS) is 12.4. The van der Waals surface area contributed by atoms with Crippen molar-refractivity contribution >= 4 is 11.9 Å². The minimum absolute atomic E-state index is 0.0510. The molecule has 0 saturated carbocycles. The average molecular weight is 321 g/mol. The fraction of sp³-hybridized carbons (Fsp3) is 0.385. The number of rotatable bonds is 7. The van der Waals surface area contributed by atoms with Gasteiger partial charge in [-0.2, -0.15) is 13.2 Å². The molecule has 0 aromatic heterocycles. The molecule has 22 heavy (non-hydrogen) atoms. The Hall–Kier alpha value is -2.45. The van der Waals surface area contributed by atoms with Gasteiger partial charge in [-0.05, 0) is 19.1 Å². The van der Waals surface area contributed by atoms with E-state index in [0.29, 0.717) is 0 Å². The minimum atomic E-state index is -4.50. The van der Waals surface area contributed by atoms with E-state index in [9.17, 15) is 22.8 Å². The first-order valence-electron chi connectivity index (χ1n) is 6.12. The molecule has 9 heteroatoms. The molecule has 1 rings (SSSR count). The SMILES string of the molecule is CC(NC(=O)COc1ccccc1OCC(F)(F)F)C(=O)O. The maximum absolute atomic E-state index is 12.1. The Morgan fingerprint density at radius 3 is 2.27 bits per heavy atom. The summed E-state index contributed by atoms with van der Waals surface area (Å²) in [6.45, 7) is -0.778. The number of carbonyl (C=O) groups excluding carboxylic acids is 1. The number of carboxylic acids is 1. The van der Waals surface area contributed by atoms with Crippen molar-refractivity contribution in [3.05, 3.63) is 24.3 Å². The number of halogens is 3. The lowest BCUT2D eigenvalue weighted by Gasteiger charge is -2.14. The summed E-state index contributed by atoms with van der Waals surface area (Å²) in [5.74, 6) is -2.16. The second-order valence-corrected chi connectivity index (χ2v) is 4.27. The number of carboxylic acid groups (broad SMARTS) is 1. The number of benzene rings is 1. The first kappa shape index (κ1) is 17.6. The quantitative estimate of drug-likeness (QED) is 0.797. The molecule has 1 atom stereocenters. The summed E-state index contributed by atoms with van der Waals surface area (Å²) in [6, 6.07) is 4.43. The molecule has 0 spiro atoms. The van der Waals surface area contributed by atoms with Gasteiger partial charge in [0.1, 0.15) is 6.04 Å². The van der Waals surface area contributed by atoms with Gasteiger partial charge in [0.15, 0.2) is 24.7 Å². The predicted octanol–water partition coefficient (Wildman–Crippen LogP) is 1.60. The molecule has 0 aliphatic heterocycles. The Morgan fingerprint density at radius 1 is 1.23 bits per heavy atom. The lowest BCUT2D eigenvalue weighted by molar-refractivity contribution is -0.153. The van der Waals surface area contributed by atoms with Crippen molar-refractivity contribution in [1.82, 2.24) is 5.32 Å². The molecule has 1 aromatic carbocycles. The van der Waals surface area contributed by atoms with Gasteiger partial charge in [-0.15, -0.1) is 0 Å². The van der Waals surface area contributed by atoms with Gasteiger partial charge in [-0.3, -0.25) is 9.59 Å². The number of hydrogen-bond donors (Lipinski definition) is 2. The number of nitrogens with one attached hydrogen (secondary N) is 1. The minimum Gasteiger partial charge on any atom is -0.480 e. The van der Waals surface area contributed by atoms with Crippen LogP contribution in [0.15, 0.2) is 24.3 Å². The molecule has 1 amide bonds.